The molecular weight excluding hydrogens is 374 g/mol. The second-order valence-corrected chi connectivity index (χ2v) is 7.30. The maximum absolute atomic E-state index is 12.3. The van der Waals surface area contributed by atoms with Gasteiger partial charge in [0.05, 0.1) is 16.8 Å². The zero-order valence-corrected chi connectivity index (χ0v) is 15.2. The third kappa shape index (κ3) is 3.71. The van der Waals surface area contributed by atoms with Gasteiger partial charge in [-0.1, -0.05) is 34.1 Å². The Balaban J connectivity index is 1.68. The van der Waals surface area contributed by atoms with Gasteiger partial charge in [-0.05, 0) is 36.8 Å². The van der Waals surface area contributed by atoms with Gasteiger partial charge in [-0.15, -0.1) is 11.3 Å². The van der Waals surface area contributed by atoms with Crippen LogP contribution in [-0.2, 0) is 6.54 Å². The highest BCUT2D eigenvalue weighted by molar-refractivity contribution is 9.10. The number of nitrogens with zero attached hydrogens (tertiary/aromatic N) is 2. The van der Waals surface area contributed by atoms with Gasteiger partial charge in [0.2, 0.25) is 0 Å². The minimum Gasteiger partial charge on any atom is -0.321 e. The fraction of sp³-hybridized carbons (Fsp3) is 0.176. The van der Waals surface area contributed by atoms with Crippen molar-refractivity contribution in [3.05, 3.63) is 57.5 Å². The van der Waals surface area contributed by atoms with E-state index < -0.39 is 0 Å². The molecule has 1 N–H and O–H groups in total. The molecule has 0 saturated carbocycles. The van der Waals surface area contributed by atoms with E-state index in [1.807, 2.05) is 49.4 Å². The van der Waals surface area contributed by atoms with Gasteiger partial charge >= 0.3 is 6.03 Å². The van der Waals surface area contributed by atoms with Crippen molar-refractivity contribution in [1.82, 2.24) is 9.88 Å². The lowest BCUT2D eigenvalue weighted by Crippen LogP contribution is -2.30. The number of urea groups is 1. The molecule has 0 fully saturated rings. The Morgan fingerprint density at radius 2 is 2.09 bits per heavy atom. The number of anilines is 1. The molecular formula is C17H16BrN3OS. The van der Waals surface area contributed by atoms with E-state index >= 15 is 0 Å². The molecule has 3 aromatic rings. The van der Waals surface area contributed by atoms with Crippen molar-refractivity contribution in [3.63, 3.8) is 0 Å². The SMILES string of the molecule is Cc1ccc(NC(=O)N(C)Cc2nc3ccccc3s2)cc1Br. The fourth-order valence-corrected chi connectivity index (χ4v) is 3.55. The second-order valence-electron chi connectivity index (χ2n) is 5.33. The van der Waals surface area contributed by atoms with Crippen molar-refractivity contribution >= 4 is 49.2 Å². The van der Waals surface area contributed by atoms with Crippen molar-refractivity contribution in [2.45, 2.75) is 13.5 Å². The Kier molecular flexibility index (Phi) is 4.63. The van der Waals surface area contributed by atoms with Gasteiger partial charge in [0, 0.05) is 17.2 Å². The predicted octanol–water partition coefficient (Wildman–Crippen LogP) is 5.03. The van der Waals surface area contributed by atoms with Crippen LogP contribution in [-0.4, -0.2) is 23.0 Å². The van der Waals surface area contributed by atoms with E-state index in [4.69, 9.17) is 0 Å². The van der Waals surface area contributed by atoms with Crippen LogP contribution >= 0.6 is 27.3 Å². The van der Waals surface area contributed by atoms with Crippen LogP contribution in [0, 0.1) is 6.92 Å². The number of carbonyl (C=O) groups is 1. The lowest BCUT2D eigenvalue weighted by atomic mass is 10.2. The number of hydrogen-bond acceptors (Lipinski definition) is 3. The van der Waals surface area contributed by atoms with E-state index in [2.05, 4.69) is 26.2 Å². The van der Waals surface area contributed by atoms with Crippen molar-refractivity contribution < 1.29 is 4.79 Å². The highest BCUT2D eigenvalue weighted by atomic mass is 79.9. The van der Waals surface area contributed by atoms with E-state index in [-0.39, 0.29) is 6.03 Å². The van der Waals surface area contributed by atoms with Crippen molar-refractivity contribution in [1.29, 1.82) is 0 Å². The molecule has 3 rings (SSSR count). The number of aryl methyl sites for hydroxylation is 1. The number of amides is 2. The number of halogens is 1. The maximum atomic E-state index is 12.3. The van der Waals surface area contributed by atoms with Crippen LogP contribution in [0.2, 0.25) is 0 Å². The third-order valence-corrected chi connectivity index (χ3v) is 5.36. The van der Waals surface area contributed by atoms with Crippen molar-refractivity contribution in [3.8, 4) is 0 Å². The Morgan fingerprint density at radius 1 is 1.30 bits per heavy atom. The zero-order valence-electron chi connectivity index (χ0n) is 12.8. The number of rotatable bonds is 3. The molecule has 0 bridgehead atoms. The van der Waals surface area contributed by atoms with E-state index in [1.54, 1.807) is 23.3 Å². The Bertz CT molecular complexity index is 829. The molecule has 23 heavy (non-hydrogen) atoms. The van der Waals surface area contributed by atoms with E-state index in [0.29, 0.717) is 6.54 Å². The molecule has 0 saturated heterocycles. The Morgan fingerprint density at radius 3 is 2.83 bits per heavy atom. The summed E-state index contributed by atoms with van der Waals surface area (Å²) in [5, 5.41) is 3.82. The summed E-state index contributed by atoms with van der Waals surface area (Å²) in [4.78, 5) is 18.5. The fourth-order valence-electron chi connectivity index (χ4n) is 2.15. The number of hydrogen-bond donors (Lipinski definition) is 1. The average molecular weight is 390 g/mol. The van der Waals surface area contributed by atoms with E-state index in [0.717, 1.165) is 30.9 Å². The molecule has 0 atom stereocenters. The van der Waals surface area contributed by atoms with Gasteiger partial charge < -0.3 is 10.2 Å². The highest BCUT2D eigenvalue weighted by Gasteiger charge is 2.12. The standard InChI is InChI=1S/C17H16BrN3OS/c1-11-7-8-12(9-13(11)18)19-17(22)21(2)10-16-20-14-5-3-4-6-15(14)23-16/h3-9H,10H2,1-2H3,(H,19,22). The summed E-state index contributed by atoms with van der Waals surface area (Å²) in [5.74, 6) is 0. The number of nitrogens with one attached hydrogen (secondary N) is 1. The number of carbonyl (C=O) groups excluding carboxylic acids is 1. The quantitative estimate of drug-likeness (QED) is 0.682. The zero-order chi connectivity index (χ0) is 16.4. The first-order valence-electron chi connectivity index (χ1n) is 7.15. The van der Waals surface area contributed by atoms with E-state index in [9.17, 15) is 4.79 Å². The summed E-state index contributed by atoms with van der Waals surface area (Å²) in [6.07, 6.45) is 0. The first-order chi connectivity index (χ1) is 11.0. The molecule has 6 heteroatoms. The molecule has 2 amide bonds. The molecule has 0 spiro atoms. The topological polar surface area (TPSA) is 45.2 Å². The highest BCUT2D eigenvalue weighted by Crippen LogP contribution is 2.23. The lowest BCUT2D eigenvalue weighted by Gasteiger charge is -2.17. The maximum Gasteiger partial charge on any atom is 0.321 e. The molecule has 1 heterocycles. The summed E-state index contributed by atoms with van der Waals surface area (Å²) in [6.45, 7) is 2.49. The average Bonchev–Trinajstić information content (AvgIpc) is 2.93. The Hall–Kier alpha value is -1.92. The van der Waals surface area contributed by atoms with Crippen molar-refractivity contribution in [2.24, 2.45) is 0 Å². The summed E-state index contributed by atoms with van der Waals surface area (Å²) in [6, 6.07) is 13.6. The first-order valence-corrected chi connectivity index (χ1v) is 8.76. The van der Waals surface area contributed by atoms with Gasteiger partial charge in [-0.25, -0.2) is 9.78 Å². The number of para-hydroxylation sites is 1. The van der Waals surface area contributed by atoms with Crippen molar-refractivity contribution in [2.75, 3.05) is 12.4 Å². The van der Waals surface area contributed by atoms with Crippen LogP contribution in [0.25, 0.3) is 10.2 Å². The largest absolute Gasteiger partial charge is 0.321 e. The van der Waals surface area contributed by atoms with Gasteiger partial charge in [0.25, 0.3) is 0 Å². The van der Waals surface area contributed by atoms with Crippen LogP contribution in [0.5, 0.6) is 0 Å². The van der Waals surface area contributed by atoms with Gasteiger partial charge in [-0.2, -0.15) is 0 Å². The molecule has 0 unspecified atom stereocenters. The number of thiazole rings is 1. The minimum absolute atomic E-state index is 0.153. The molecule has 1 aromatic heterocycles. The summed E-state index contributed by atoms with van der Waals surface area (Å²) >= 11 is 5.09. The van der Waals surface area contributed by atoms with Crippen LogP contribution in [0.3, 0.4) is 0 Å². The van der Waals surface area contributed by atoms with Crippen LogP contribution in [0.15, 0.2) is 46.9 Å². The van der Waals surface area contributed by atoms with Crippen LogP contribution in [0.1, 0.15) is 10.6 Å². The predicted molar refractivity (Wildman–Crippen MR) is 99.0 cm³/mol. The van der Waals surface area contributed by atoms with Crippen LogP contribution in [0.4, 0.5) is 10.5 Å². The second kappa shape index (κ2) is 6.68. The number of fused-ring (bicyclic) bond motifs is 1. The first kappa shape index (κ1) is 16.0. The number of aromatic nitrogens is 1. The molecule has 0 aliphatic carbocycles. The van der Waals surface area contributed by atoms with E-state index in [1.165, 1.54) is 0 Å². The molecule has 0 aliphatic rings. The molecule has 4 nitrogen and oxygen atoms in total. The molecule has 118 valence electrons. The minimum atomic E-state index is -0.153. The van der Waals surface area contributed by atoms with Crippen LogP contribution < -0.4 is 5.32 Å². The molecule has 0 aliphatic heterocycles. The van der Waals surface area contributed by atoms with Gasteiger partial charge in [0.15, 0.2) is 0 Å². The Labute approximate surface area is 147 Å². The van der Waals surface area contributed by atoms with Gasteiger partial charge in [0.1, 0.15) is 5.01 Å². The lowest BCUT2D eigenvalue weighted by molar-refractivity contribution is 0.220. The number of benzene rings is 2. The summed E-state index contributed by atoms with van der Waals surface area (Å²) in [5.41, 5.74) is 2.87. The molecule has 0 radical (unpaired) electrons. The smallest absolute Gasteiger partial charge is 0.321 e. The van der Waals surface area contributed by atoms with Gasteiger partial charge in [-0.3, -0.25) is 0 Å². The summed E-state index contributed by atoms with van der Waals surface area (Å²) < 4.78 is 2.11. The third-order valence-electron chi connectivity index (χ3n) is 3.48. The molecule has 2 aromatic carbocycles. The summed E-state index contributed by atoms with van der Waals surface area (Å²) in [7, 11) is 1.77. The normalized spacial score (nSPS) is 10.7. The monoisotopic (exact) mass is 389 g/mol.